The number of ether oxygens (including phenoxy) is 1. The van der Waals surface area contributed by atoms with E-state index in [1.807, 2.05) is 20.8 Å². The molecule has 1 N–H and O–H groups in total. The van der Waals surface area contributed by atoms with Crippen molar-refractivity contribution >= 4 is 29.4 Å². The molecule has 7 heteroatoms. The second-order valence-electron chi connectivity index (χ2n) is 7.28. The van der Waals surface area contributed by atoms with Gasteiger partial charge in [-0.1, -0.05) is 25.4 Å². The van der Waals surface area contributed by atoms with Gasteiger partial charge in [0.05, 0.1) is 5.92 Å². The van der Waals surface area contributed by atoms with Gasteiger partial charge < -0.3 is 15.0 Å². The Balaban J connectivity index is 1.76. The molecule has 27 heavy (non-hydrogen) atoms. The zero-order valence-corrected chi connectivity index (χ0v) is 16.8. The third kappa shape index (κ3) is 6.24. The summed E-state index contributed by atoms with van der Waals surface area (Å²) in [5.74, 6) is -0.705. The molecule has 1 aliphatic rings. The van der Waals surface area contributed by atoms with Crippen LogP contribution in [0.3, 0.4) is 0 Å². The van der Waals surface area contributed by atoms with E-state index in [9.17, 15) is 14.4 Å². The largest absolute Gasteiger partial charge is 0.455 e. The second kappa shape index (κ2) is 9.74. The van der Waals surface area contributed by atoms with Gasteiger partial charge in [-0.05, 0) is 49.9 Å². The molecule has 0 aromatic heterocycles. The summed E-state index contributed by atoms with van der Waals surface area (Å²) in [7, 11) is 0. The number of likely N-dealkylation sites (tertiary alicyclic amines) is 1. The van der Waals surface area contributed by atoms with Gasteiger partial charge in [0, 0.05) is 29.7 Å². The number of benzene rings is 1. The van der Waals surface area contributed by atoms with E-state index in [-0.39, 0.29) is 36.4 Å². The molecule has 0 spiro atoms. The minimum atomic E-state index is -0.374. The maximum absolute atomic E-state index is 12.5. The van der Waals surface area contributed by atoms with E-state index in [1.165, 1.54) is 0 Å². The standard InChI is InChI=1S/C20H27ClN2O4/c1-13(2)14(3)22-18(24)12-27-20(26)16-8-10-23(11-9-16)19(25)15-4-6-17(21)7-5-15/h4-7,13-14,16H,8-12H2,1-3H3,(H,22,24)/t14-/m0/s1. The minimum absolute atomic E-state index is 0.0262. The number of piperidine rings is 1. The number of nitrogens with one attached hydrogen (secondary N) is 1. The number of carbonyl (C=O) groups excluding carboxylic acids is 3. The number of carbonyl (C=O) groups is 3. The van der Waals surface area contributed by atoms with E-state index in [0.29, 0.717) is 42.4 Å². The Labute approximate surface area is 165 Å². The number of hydrogen-bond donors (Lipinski definition) is 1. The summed E-state index contributed by atoms with van der Waals surface area (Å²) < 4.78 is 5.15. The van der Waals surface area contributed by atoms with Crippen LogP contribution in [0, 0.1) is 11.8 Å². The van der Waals surface area contributed by atoms with Crippen molar-refractivity contribution in [1.82, 2.24) is 10.2 Å². The number of hydrogen-bond acceptors (Lipinski definition) is 4. The molecule has 1 aromatic rings. The van der Waals surface area contributed by atoms with Crippen LogP contribution in [0.1, 0.15) is 44.0 Å². The molecular formula is C20H27ClN2O4. The van der Waals surface area contributed by atoms with Gasteiger partial charge in [0.1, 0.15) is 0 Å². The normalized spacial score (nSPS) is 16.1. The molecule has 0 bridgehead atoms. The van der Waals surface area contributed by atoms with E-state index in [0.717, 1.165) is 0 Å². The Hall–Kier alpha value is -2.08. The van der Waals surface area contributed by atoms with Crippen LogP contribution in [0.4, 0.5) is 0 Å². The molecule has 1 atom stereocenters. The molecule has 1 heterocycles. The molecule has 6 nitrogen and oxygen atoms in total. The lowest BCUT2D eigenvalue weighted by atomic mass is 9.96. The molecule has 2 amide bonds. The summed E-state index contributed by atoms with van der Waals surface area (Å²) in [5, 5.41) is 3.39. The fraction of sp³-hybridized carbons (Fsp3) is 0.550. The van der Waals surface area contributed by atoms with Crippen molar-refractivity contribution in [3.8, 4) is 0 Å². The van der Waals surface area contributed by atoms with Gasteiger partial charge in [-0.2, -0.15) is 0 Å². The average Bonchev–Trinajstić information content (AvgIpc) is 2.66. The smallest absolute Gasteiger partial charge is 0.309 e. The highest BCUT2D eigenvalue weighted by Gasteiger charge is 2.29. The lowest BCUT2D eigenvalue weighted by Crippen LogP contribution is -2.42. The molecule has 0 radical (unpaired) electrons. The number of halogens is 1. The van der Waals surface area contributed by atoms with Crippen LogP contribution >= 0.6 is 11.6 Å². The highest BCUT2D eigenvalue weighted by molar-refractivity contribution is 6.30. The Bertz CT molecular complexity index is 667. The maximum atomic E-state index is 12.5. The van der Waals surface area contributed by atoms with Crippen molar-refractivity contribution in [3.63, 3.8) is 0 Å². The minimum Gasteiger partial charge on any atom is -0.455 e. The number of esters is 1. The van der Waals surface area contributed by atoms with Gasteiger partial charge in [0.25, 0.3) is 11.8 Å². The number of rotatable bonds is 6. The van der Waals surface area contributed by atoms with Crippen molar-refractivity contribution in [3.05, 3.63) is 34.9 Å². The Morgan fingerprint density at radius 1 is 1.15 bits per heavy atom. The van der Waals surface area contributed by atoms with Crippen LogP contribution in [0.25, 0.3) is 0 Å². The summed E-state index contributed by atoms with van der Waals surface area (Å²) in [6.07, 6.45) is 1.06. The van der Waals surface area contributed by atoms with E-state index >= 15 is 0 Å². The van der Waals surface area contributed by atoms with Crippen molar-refractivity contribution < 1.29 is 19.1 Å². The molecular weight excluding hydrogens is 368 g/mol. The fourth-order valence-corrected chi connectivity index (χ4v) is 2.94. The third-order valence-electron chi connectivity index (χ3n) is 4.94. The predicted molar refractivity (Wildman–Crippen MR) is 103 cm³/mol. The number of amides is 2. The Morgan fingerprint density at radius 2 is 1.74 bits per heavy atom. The van der Waals surface area contributed by atoms with Gasteiger partial charge in [-0.3, -0.25) is 14.4 Å². The van der Waals surface area contributed by atoms with Gasteiger partial charge in [0.15, 0.2) is 6.61 Å². The topological polar surface area (TPSA) is 75.7 Å². The van der Waals surface area contributed by atoms with Crippen LogP contribution in [0.5, 0.6) is 0 Å². The first-order valence-electron chi connectivity index (χ1n) is 9.28. The monoisotopic (exact) mass is 394 g/mol. The molecule has 1 fully saturated rings. The molecule has 1 saturated heterocycles. The van der Waals surface area contributed by atoms with E-state index < -0.39 is 0 Å². The van der Waals surface area contributed by atoms with Gasteiger partial charge in [-0.15, -0.1) is 0 Å². The zero-order valence-electron chi connectivity index (χ0n) is 16.0. The quantitative estimate of drug-likeness (QED) is 0.753. The summed E-state index contributed by atoms with van der Waals surface area (Å²) in [5.41, 5.74) is 0.580. The highest BCUT2D eigenvalue weighted by atomic mass is 35.5. The molecule has 0 unspecified atom stereocenters. The first-order chi connectivity index (χ1) is 12.8. The maximum Gasteiger partial charge on any atom is 0.309 e. The lowest BCUT2D eigenvalue weighted by Gasteiger charge is -2.31. The van der Waals surface area contributed by atoms with Gasteiger partial charge in [0.2, 0.25) is 0 Å². The van der Waals surface area contributed by atoms with Crippen LogP contribution in [0.2, 0.25) is 5.02 Å². The van der Waals surface area contributed by atoms with Crippen LogP contribution < -0.4 is 5.32 Å². The van der Waals surface area contributed by atoms with Crippen LogP contribution in [-0.2, 0) is 14.3 Å². The molecule has 0 aliphatic carbocycles. The molecule has 0 saturated carbocycles. The summed E-state index contributed by atoms with van der Waals surface area (Å²) in [6.45, 7) is 6.64. The third-order valence-corrected chi connectivity index (χ3v) is 5.19. The molecule has 1 aliphatic heterocycles. The molecule has 148 valence electrons. The van der Waals surface area contributed by atoms with Crippen molar-refractivity contribution in [2.45, 2.75) is 39.7 Å². The zero-order chi connectivity index (χ0) is 20.0. The highest BCUT2D eigenvalue weighted by Crippen LogP contribution is 2.21. The van der Waals surface area contributed by atoms with Crippen molar-refractivity contribution in [1.29, 1.82) is 0 Å². The SMILES string of the molecule is CC(C)[C@H](C)NC(=O)COC(=O)C1CCN(C(=O)c2ccc(Cl)cc2)CC1. The molecule has 1 aromatic carbocycles. The average molecular weight is 395 g/mol. The van der Waals surface area contributed by atoms with E-state index in [4.69, 9.17) is 16.3 Å². The van der Waals surface area contributed by atoms with E-state index in [1.54, 1.807) is 29.2 Å². The van der Waals surface area contributed by atoms with Crippen molar-refractivity contribution in [2.75, 3.05) is 19.7 Å². The van der Waals surface area contributed by atoms with Gasteiger partial charge >= 0.3 is 5.97 Å². The van der Waals surface area contributed by atoms with Gasteiger partial charge in [-0.25, -0.2) is 0 Å². The predicted octanol–water partition coefficient (Wildman–Crippen LogP) is 2.90. The fourth-order valence-electron chi connectivity index (χ4n) is 2.81. The summed E-state index contributed by atoms with van der Waals surface area (Å²) >= 11 is 5.85. The number of nitrogens with zero attached hydrogens (tertiary/aromatic N) is 1. The van der Waals surface area contributed by atoms with Crippen LogP contribution in [0.15, 0.2) is 24.3 Å². The summed E-state index contributed by atoms with van der Waals surface area (Å²) in [6, 6.07) is 6.79. The first-order valence-corrected chi connectivity index (χ1v) is 9.66. The van der Waals surface area contributed by atoms with E-state index in [2.05, 4.69) is 5.32 Å². The van der Waals surface area contributed by atoms with Crippen molar-refractivity contribution in [2.24, 2.45) is 11.8 Å². The Kier molecular flexibility index (Phi) is 7.66. The summed E-state index contributed by atoms with van der Waals surface area (Å²) in [4.78, 5) is 38.2. The second-order valence-corrected chi connectivity index (χ2v) is 7.72. The Morgan fingerprint density at radius 3 is 2.30 bits per heavy atom. The molecule has 2 rings (SSSR count). The first kappa shape index (κ1) is 21.2. The van der Waals surface area contributed by atoms with Crippen LogP contribution in [-0.4, -0.2) is 48.4 Å². The lowest BCUT2D eigenvalue weighted by molar-refractivity contribution is -0.154.